The quantitative estimate of drug-likeness (QED) is 0.224. The maximum Gasteiger partial charge on any atom is 0.252 e. The normalized spacial score (nSPS) is 32.2. The van der Waals surface area contributed by atoms with Crippen LogP contribution in [0.4, 0.5) is 0 Å². The second kappa shape index (κ2) is 8.98. The van der Waals surface area contributed by atoms with Gasteiger partial charge in [-0.25, -0.2) is 0 Å². The number of hydrogen-bond acceptors (Lipinski definition) is 9. The number of phenolic OH excluding ortho intramolecular Hbond substituents is 1. The summed E-state index contributed by atoms with van der Waals surface area (Å²) in [6, 6.07) is 12.9. The van der Waals surface area contributed by atoms with E-state index in [0.717, 1.165) is 28.8 Å². The molecule has 2 aliphatic heterocycles. The Bertz CT molecular complexity index is 1830. The third-order valence-corrected chi connectivity index (χ3v) is 10.9. The van der Waals surface area contributed by atoms with Gasteiger partial charge in [0.1, 0.15) is 22.5 Å². The van der Waals surface area contributed by atoms with Gasteiger partial charge in [0.05, 0.1) is 11.5 Å². The van der Waals surface area contributed by atoms with Crippen molar-refractivity contribution in [3.8, 4) is 22.9 Å². The van der Waals surface area contributed by atoms with Gasteiger partial charge in [-0.1, -0.05) is 41.6 Å². The minimum absolute atomic E-state index is 0.0246. The molecule has 4 aliphatic carbocycles. The molecule has 0 radical (unpaired) electrons. The number of aliphatic hydroxyl groups excluding tert-OH is 1. The van der Waals surface area contributed by atoms with Gasteiger partial charge in [0.25, 0.3) is 11.8 Å². The Hall–Kier alpha value is -4.15. The molecule has 6 atom stereocenters. The summed E-state index contributed by atoms with van der Waals surface area (Å²) in [5, 5.41) is 34.2. The standard InChI is InChI=1S/C35H36N4O6/c1-33(2,32-37-30(39-44-32)18-7-5-4-6-8-18)38-31(42)25-21-15-35-14-20(26(21)36-16-17-9-10-17)24-23-19(13-34(35,3)45-35)11-12-22(40)28(23)43-29(24)27(25)41/h4-8,11-12,14,17,21,24,26,29,36,40-41H,9-10,13,15-16H2,1-3H3,(H,38,42)/t21?,24-,26?,29-,34-,35-/m1/s1. The number of nitrogens with one attached hydrogen (secondary N) is 2. The highest BCUT2D eigenvalue weighted by Crippen LogP contribution is 2.65. The predicted octanol–water partition coefficient (Wildman–Crippen LogP) is 4.56. The van der Waals surface area contributed by atoms with Crippen molar-refractivity contribution in [1.29, 1.82) is 0 Å². The molecule has 9 rings (SSSR count). The van der Waals surface area contributed by atoms with Gasteiger partial charge in [-0.05, 0) is 75.8 Å². The fourth-order valence-corrected chi connectivity index (χ4v) is 8.25. The molecule has 1 saturated heterocycles. The van der Waals surface area contributed by atoms with E-state index in [9.17, 15) is 15.0 Å². The maximum absolute atomic E-state index is 14.5. The molecule has 10 nitrogen and oxygen atoms in total. The fraction of sp³-hybridized carbons (Fsp3) is 0.457. The average Bonchev–Trinajstić information content (AvgIpc) is 3.76. The smallest absolute Gasteiger partial charge is 0.252 e. The highest BCUT2D eigenvalue weighted by atomic mass is 16.6. The molecule has 6 aliphatic rings. The maximum atomic E-state index is 14.5. The first-order valence-corrected chi connectivity index (χ1v) is 15.9. The van der Waals surface area contributed by atoms with Crippen molar-refractivity contribution in [3.05, 3.63) is 82.5 Å². The number of aromatic hydroxyl groups is 1. The summed E-state index contributed by atoms with van der Waals surface area (Å²) < 4.78 is 18.7. The predicted molar refractivity (Wildman–Crippen MR) is 162 cm³/mol. The summed E-state index contributed by atoms with van der Waals surface area (Å²) in [7, 11) is 0. The topological polar surface area (TPSA) is 142 Å². The molecule has 1 saturated carbocycles. The van der Waals surface area contributed by atoms with Crippen molar-refractivity contribution in [1.82, 2.24) is 20.8 Å². The van der Waals surface area contributed by atoms with Crippen LogP contribution in [0, 0.1) is 11.8 Å². The van der Waals surface area contributed by atoms with Gasteiger partial charge in [-0.3, -0.25) is 4.79 Å². The largest absolute Gasteiger partial charge is 0.508 e. The minimum Gasteiger partial charge on any atom is -0.508 e. The highest BCUT2D eigenvalue weighted by Gasteiger charge is 2.71. The van der Waals surface area contributed by atoms with Crippen molar-refractivity contribution in [3.63, 3.8) is 0 Å². The number of ether oxygens (including phenoxy) is 2. The van der Waals surface area contributed by atoms with Gasteiger partial charge in [0.2, 0.25) is 5.82 Å². The summed E-state index contributed by atoms with van der Waals surface area (Å²) in [6.07, 6.45) is 4.95. The van der Waals surface area contributed by atoms with Crippen molar-refractivity contribution < 1.29 is 29.0 Å². The van der Waals surface area contributed by atoms with E-state index < -0.39 is 28.8 Å². The molecule has 4 N–H and O–H groups in total. The molecular weight excluding hydrogens is 572 g/mol. The first-order chi connectivity index (χ1) is 21.6. The van der Waals surface area contributed by atoms with Crippen LogP contribution in [0.1, 0.15) is 63.0 Å². The van der Waals surface area contributed by atoms with Crippen molar-refractivity contribution >= 4 is 5.91 Å². The van der Waals surface area contributed by atoms with Crippen molar-refractivity contribution in [2.24, 2.45) is 11.8 Å². The first-order valence-electron chi connectivity index (χ1n) is 15.9. The Morgan fingerprint density at radius 2 is 1.93 bits per heavy atom. The van der Waals surface area contributed by atoms with Crippen LogP contribution in [0.15, 0.2) is 70.0 Å². The van der Waals surface area contributed by atoms with Crippen LogP contribution in [0.3, 0.4) is 0 Å². The number of aromatic nitrogens is 2. The van der Waals surface area contributed by atoms with Crippen LogP contribution in [0.2, 0.25) is 0 Å². The van der Waals surface area contributed by atoms with E-state index in [1.807, 2.05) is 50.2 Å². The van der Waals surface area contributed by atoms with E-state index in [4.69, 9.17) is 14.0 Å². The zero-order valence-electron chi connectivity index (χ0n) is 25.5. The van der Waals surface area contributed by atoms with E-state index in [2.05, 4.69) is 33.8 Å². The molecule has 3 bridgehead atoms. The SMILES string of the molecule is CC(C)(NC(=O)C1=C(O)[C@@H]2Oc3c(O)ccc4c3[C@H]2C2=C[C@]3(CC1C2NCC1CC1)O[C@]3(C)C4)c1nc(-c2ccccc2)no1. The Morgan fingerprint density at radius 1 is 1.13 bits per heavy atom. The Morgan fingerprint density at radius 3 is 2.71 bits per heavy atom. The zero-order valence-corrected chi connectivity index (χ0v) is 25.5. The van der Waals surface area contributed by atoms with Gasteiger partial charge in [0, 0.05) is 29.5 Å². The Kier molecular flexibility index (Phi) is 5.42. The molecule has 3 heterocycles. The molecule has 1 aromatic heterocycles. The summed E-state index contributed by atoms with van der Waals surface area (Å²) in [5.41, 5.74) is 1.94. The monoisotopic (exact) mass is 608 g/mol. The number of carbonyl (C=O) groups excluding carboxylic acids is 1. The molecule has 1 spiro atoms. The Labute approximate surface area is 260 Å². The number of carbonyl (C=O) groups is 1. The molecule has 1 amide bonds. The van der Waals surface area contributed by atoms with E-state index in [0.29, 0.717) is 30.3 Å². The van der Waals surface area contributed by atoms with Crippen LogP contribution in [0.5, 0.6) is 11.5 Å². The second-order valence-electron chi connectivity index (χ2n) is 14.4. The van der Waals surface area contributed by atoms with Gasteiger partial charge >= 0.3 is 0 Å². The van der Waals surface area contributed by atoms with E-state index >= 15 is 0 Å². The van der Waals surface area contributed by atoms with Gasteiger partial charge < -0.3 is 34.8 Å². The molecule has 2 unspecified atom stereocenters. The van der Waals surface area contributed by atoms with Crippen LogP contribution in [0.25, 0.3) is 11.4 Å². The lowest BCUT2D eigenvalue weighted by Gasteiger charge is -2.39. The van der Waals surface area contributed by atoms with E-state index in [1.54, 1.807) is 6.07 Å². The molecule has 2 aromatic carbocycles. The summed E-state index contributed by atoms with van der Waals surface area (Å²) in [4.78, 5) is 19.2. The number of amides is 1. The van der Waals surface area contributed by atoms with Gasteiger partial charge in [0.15, 0.2) is 17.6 Å². The number of benzene rings is 2. The Balaban J connectivity index is 1.15. The lowest BCUT2D eigenvalue weighted by molar-refractivity contribution is -0.120. The lowest BCUT2D eigenvalue weighted by Crippen LogP contribution is -2.50. The molecule has 2 fully saturated rings. The van der Waals surface area contributed by atoms with Crippen LogP contribution in [-0.2, 0) is 21.5 Å². The second-order valence-corrected chi connectivity index (χ2v) is 14.4. The first kappa shape index (κ1) is 27.2. The van der Waals surface area contributed by atoms with Crippen LogP contribution < -0.4 is 15.4 Å². The van der Waals surface area contributed by atoms with Gasteiger partial charge in [-0.2, -0.15) is 4.98 Å². The molecule has 232 valence electrons. The van der Waals surface area contributed by atoms with Gasteiger partial charge in [-0.15, -0.1) is 0 Å². The fourth-order valence-electron chi connectivity index (χ4n) is 8.25. The third-order valence-electron chi connectivity index (χ3n) is 10.9. The summed E-state index contributed by atoms with van der Waals surface area (Å²) in [6.45, 7) is 6.56. The van der Waals surface area contributed by atoms with Crippen molar-refractivity contribution in [2.75, 3.05) is 6.54 Å². The van der Waals surface area contributed by atoms with Crippen LogP contribution >= 0.6 is 0 Å². The number of rotatable bonds is 7. The number of aliphatic hydroxyl groups is 1. The van der Waals surface area contributed by atoms with E-state index in [1.165, 1.54) is 12.8 Å². The molecule has 3 aromatic rings. The zero-order chi connectivity index (χ0) is 30.9. The average molecular weight is 609 g/mol. The van der Waals surface area contributed by atoms with Crippen LogP contribution in [-0.4, -0.2) is 56.2 Å². The lowest BCUT2D eigenvalue weighted by atomic mass is 9.66. The molecular formula is C35H36N4O6. The number of phenols is 1. The molecule has 10 heteroatoms. The van der Waals surface area contributed by atoms with E-state index in [-0.39, 0.29) is 40.9 Å². The summed E-state index contributed by atoms with van der Waals surface area (Å²) in [5.74, 6) is 0.396. The number of nitrogens with zero attached hydrogens (tertiary/aromatic N) is 2. The number of hydrogen-bond donors (Lipinski definition) is 4. The minimum atomic E-state index is -1.05. The number of fused-ring (bicyclic) bond motifs is 1. The number of epoxide rings is 1. The van der Waals surface area contributed by atoms with Crippen molar-refractivity contribution in [2.45, 2.75) is 81.3 Å². The molecule has 45 heavy (non-hydrogen) atoms. The highest BCUT2D eigenvalue weighted by molar-refractivity contribution is 5.96. The summed E-state index contributed by atoms with van der Waals surface area (Å²) >= 11 is 0. The third kappa shape index (κ3) is 3.91.